The van der Waals surface area contributed by atoms with Crippen LogP contribution in [-0.4, -0.2) is 25.1 Å². The zero-order valence-corrected chi connectivity index (χ0v) is 18.3. The Labute approximate surface area is 185 Å². The molecule has 0 radical (unpaired) electrons. The minimum absolute atomic E-state index is 0.221. The molecule has 0 aliphatic heterocycles. The fourth-order valence-electron chi connectivity index (χ4n) is 3.16. The summed E-state index contributed by atoms with van der Waals surface area (Å²) in [5.41, 5.74) is 4.76. The van der Waals surface area contributed by atoms with Crippen LogP contribution in [0.5, 0.6) is 11.5 Å². The average Bonchev–Trinajstić information content (AvgIpc) is 3.21. The molecule has 5 nitrogen and oxygen atoms in total. The molecule has 0 saturated carbocycles. The quantitative estimate of drug-likeness (QED) is 0.385. The summed E-state index contributed by atoms with van der Waals surface area (Å²) < 4.78 is 11.7. The van der Waals surface area contributed by atoms with Crippen molar-refractivity contribution >= 4 is 39.2 Å². The second kappa shape index (κ2) is 9.02. The molecule has 31 heavy (non-hydrogen) atoms. The van der Waals surface area contributed by atoms with Gasteiger partial charge in [-0.2, -0.15) is 0 Å². The van der Waals surface area contributed by atoms with Crippen LogP contribution in [0, 0.1) is 6.92 Å². The maximum Gasteiger partial charge on any atom is 0.248 e. The lowest BCUT2D eigenvalue weighted by molar-refractivity contribution is -0.111. The lowest BCUT2D eigenvalue weighted by Gasteiger charge is -2.07. The van der Waals surface area contributed by atoms with Crippen molar-refractivity contribution in [2.24, 2.45) is 0 Å². The van der Waals surface area contributed by atoms with Crippen molar-refractivity contribution in [1.29, 1.82) is 0 Å². The van der Waals surface area contributed by atoms with E-state index in [4.69, 9.17) is 14.5 Å². The first-order valence-electron chi connectivity index (χ1n) is 9.74. The van der Waals surface area contributed by atoms with Gasteiger partial charge >= 0.3 is 0 Å². The van der Waals surface area contributed by atoms with E-state index in [9.17, 15) is 4.79 Å². The van der Waals surface area contributed by atoms with E-state index in [1.165, 1.54) is 16.3 Å². The highest BCUT2D eigenvalue weighted by molar-refractivity contribution is 7.21. The van der Waals surface area contributed by atoms with Gasteiger partial charge in [-0.15, -0.1) is 11.3 Å². The third kappa shape index (κ3) is 4.75. The Morgan fingerprint density at radius 1 is 1.00 bits per heavy atom. The SMILES string of the molecule is COc1ccc(/C=C/C(=O)Nc2ccc(-c3nc4ccc(C)cc4s3)cc2)c(OC)c1. The third-order valence-corrected chi connectivity index (χ3v) is 5.87. The molecule has 1 amide bonds. The number of hydrogen-bond acceptors (Lipinski definition) is 5. The molecule has 0 fully saturated rings. The molecule has 0 aliphatic rings. The number of thiazole rings is 1. The van der Waals surface area contributed by atoms with Gasteiger partial charge < -0.3 is 14.8 Å². The maximum absolute atomic E-state index is 12.3. The van der Waals surface area contributed by atoms with Crippen molar-refractivity contribution < 1.29 is 14.3 Å². The van der Waals surface area contributed by atoms with Crippen LogP contribution in [0.2, 0.25) is 0 Å². The van der Waals surface area contributed by atoms with Crippen LogP contribution >= 0.6 is 11.3 Å². The van der Waals surface area contributed by atoms with E-state index in [1.54, 1.807) is 37.7 Å². The highest BCUT2D eigenvalue weighted by Crippen LogP contribution is 2.31. The standard InChI is InChI=1S/C25H22N2O3S/c1-16-4-12-21-23(14-16)31-25(27-21)18-5-9-19(10-6-18)26-24(28)13-8-17-7-11-20(29-2)15-22(17)30-3/h4-15H,1-3H3,(H,26,28)/b13-8+. The molecule has 3 aromatic carbocycles. The van der Waals surface area contributed by atoms with Crippen LogP contribution in [0.4, 0.5) is 5.69 Å². The molecule has 0 aliphatic carbocycles. The van der Waals surface area contributed by atoms with E-state index in [0.29, 0.717) is 11.5 Å². The van der Waals surface area contributed by atoms with Crippen LogP contribution in [0.15, 0.2) is 66.7 Å². The smallest absolute Gasteiger partial charge is 0.248 e. The fraction of sp³-hybridized carbons (Fsp3) is 0.120. The number of aromatic nitrogens is 1. The molecule has 1 N–H and O–H groups in total. The summed E-state index contributed by atoms with van der Waals surface area (Å²) >= 11 is 1.67. The van der Waals surface area contributed by atoms with Gasteiger partial charge in [-0.3, -0.25) is 4.79 Å². The number of hydrogen-bond donors (Lipinski definition) is 1. The number of anilines is 1. The van der Waals surface area contributed by atoms with Gasteiger partial charge in [0.2, 0.25) is 5.91 Å². The predicted molar refractivity (Wildman–Crippen MR) is 127 cm³/mol. The summed E-state index contributed by atoms with van der Waals surface area (Å²) in [7, 11) is 3.18. The van der Waals surface area contributed by atoms with E-state index in [1.807, 2.05) is 42.5 Å². The highest BCUT2D eigenvalue weighted by Gasteiger charge is 2.07. The monoisotopic (exact) mass is 430 g/mol. The number of benzene rings is 3. The molecule has 156 valence electrons. The van der Waals surface area contributed by atoms with Gasteiger partial charge in [0.25, 0.3) is 0 Å². The summed E-state index contributed by atoms with van der Waals surface area (Å²) in [5, 5.41) is 3.84. The Morgan fingerprint density at radius 3 is 2.55 bits per heavy atom. The second-order valence-electron chi connectivity index (χ2n) is 7.00. The molecule has 0 saturated heterocycles. The first-order valence-corrected chi connectivity index (χ1v) is 10.6. The number of carbonyl (C=O) groups is 1. The topological polar surface area (TPSA) is 60.5 Å². The maximum atomic E-state index is 12.3. The summed E-state index contributed by atoms with van der Waals surface area (Å²) in [5.74, 6) is 1.11. The van der Waals surface area contributed by atoms with Crippen molar-refractivity contribution in [3.63, 3.8) is 0 Å². The number of carbonyl (C=O) groups excluding carboxylic acids is 1. The summed E-state index contributed by atoms with van der Waals surface area (Å²) in [6.45, 7) is 2.08. The molecular weight excluding hydrogens is 408 g/mol. The van der Waals surface area contributed by atoms with Gasteiger partial charge in [0.05, 0.1) is 24.4 Å². The van der Waals surface area contributed by atoms with Crippen molar-refractivity contribution in [2.75, 3.05) is 19.5 Å². The lowest BCUT2D eigenvalue weighted by Crippen LogP contribution is -2.07. The minimum Gasteiger partial charge on any atom is -0.497 e. The van der Waals surface area contributed by atoms with Crippen LogP contribution < -0.4 is 14.8 Å². The minimum atomic E-state index is -0.221. The van der Waals surface area contributed by atoms with Crippen molar-refractivity contribution in [3.05, 3.63) is 77.9 Å². The molecule has 4 rings (SSSR count). The van der Waals surface area contributed by atoms with Crippen LogP contribution in [-0.2, 0) is 4.79 Å². The molecule has 1 heterocycles. The van der Waals surface area contributed by atoms with Crippen LogP contribution in [0.25, 0.3) is 26.9 Å². The van der Waals surface area contributed by atoms with E-state index < -0.39 is 0 Å². The number of fused-ring (bicyclic) bond motifs is 1. The van der Waals surface area contributed by atoms with E-state index in [-0.39, 0.29) is 5.91 Å². The van der Waals surface area contributed by atoms with Gasteiger partial charge in [0.15, 0.2) is 0 Å². The number of aryl methyl sites for hydroxylation is 1. The zero-order valence-electron chi connectivity index (χ0n) is 17.5. The van der Waals surface area contributed by atoms with Gasteiger partial charge in [-0.05, 0) is 67.1 Å². The summed E-state index contributed by atoms with van der Waals surface area (Å²) in [6, 6.07) is 19.4. The second-order valence-corrected chi connectivity index (χ2v) is 8.03. The molecule has 6 heteroatoms. The van der Waals surface area contributed by atoms with Crippen molar-refractivity contribution in [2.45, 2.75) is 6.92 Å². The predicted octanol–water partition coefficient (Wildman–Crippen LogP) is 5.94. The Bertz CT molecular complexity index is 1260. The number of methoxy groups -OCH3 is 2. The average molecular weight is 431 g/mol. The van der Waals surface area contributed by atoms with E-state index in [0.717, 1.165) is 27.3 Å². The first kappa shape index (κ1) is 20.6. The van der Waals surface area contributed by atoms with Crippen LogP contribution in [0.3, 0.4) is 0 Å². The Kier molecular flexibility index (Phi) is 6.00. The largest absolute Gasteiger partial charge is 0.497 e. The fourth-order valence-corrected chi connectivity index (χ4v) is 4.23. The van der Waals surface area contributed by atoms with Gasteiger partial charge in [-0.1, -0.05) is 6.07 Å². The van der Waals surface area contributed by atoms with Gasteiger partial charge in [-0.25, -0.2) is 4.98 Å². The zero-order chi connectivity index (χ0) is 21.8. The molecule has 0 spiro atoms. The van der Waals surface area contributed by atoms with Gasteiger partial charge in [0, 0.05) is 29.0 Å². The number of rotatable bonds is 6. The Hall–Kier alpha value is -3.64. The van der Waals surface area contributed by atoms with Gasteiger partial charge in [0.1, 0.15) is 16.5 Å². The molecule has 0 bridgehead atoms. The number of amides is 1. The number of ether oxygens (including phenoxy) is 2. The lowest BCUT2D eigenvalue weighted by atomic mass is 10.1. The Balaban J connectivity index is 1.45. The first-order chi connectivity index (χ1) is 15.1. The van der Waals surface area contributed by atoms with Crippen molar-refractivity contribution in [3.8, 4) is 22.1 Å². The molecular formula is C25H22N2O3S. The van der Waals surface area contributed by atoms with Crippen LogP contribution in [0.1, 0.15) is 11.1 Å². The number of nitrogens with zero attached hydrogens (tertiary/aromatic N) is 1. The third-order valence-electron chi connectivity index (χ3n) is 4.80. The molecule has 4 aromatic rings. The Morgan fingerprint density at radius 2 is 1.81 bits per heavy atom. The molecule has 0 atom stereocenters. The van der Waals surface area contributed by atoms with E-state index >= 15 is 0 Å². The highest BCUT2D eigenvalue weighted by atomic mass is 32.1. The summed E-state index contributed by atoms with van der Waals surface area (Å²) in [6.07, 6.45) is 3.19. The normalized spacial score (nSPS) is 11.1. The number of nitrogens with one attached hydrogen (secondary N) is 1. The molecule has 0 unspecified atom stereocenters. The van der Waals surface area contributed by atoms with Crippen molar-refractivity contribution in [1.82, 2.24) is 4.98 Å². The summed E-state index contributed by atoms with van der Waals surface area (Å²) in [4.78, 5) is 17.0. The molecule has 1 aromatic heterocycles. The van der Waals surface area contributed by atoms with E-state index in [2.05, 4.69) is 24.4 Å².